The van der Waals surface area contributed by atoms with E-state index < -0.39 is 5.97 Å². The highest BCUT2D eigenvalue weighted by Crippen LogP contribution is 2.20. The largest absolute Gasteiger partial charge is 0.478 e. The zero-order chi connectivity index (χ0) is 13.1. The average molecular weight is 247 g/mol. The number of carboxylic acids is 1. The molecule has 6 heteroatoms. The summed E-state index contributed by atoms with van der Waals surface area (Å²) in [4.78, 5) is 10.7. The average Bonchev–Trinajstić information content (AvgIpc) is 2.73. The molecule has 94 valence electrons. The van der Waals surface area contributed by atoms with Gasteiger partial charge >= 0.3 is 5.97 Å². The summed E-state index contributed by atoms with van der Waals surface area (Å²) in [5, 5.41) is 15.6. The van der Waals surface area contributed by atoms with Crippen LogP contribution in [0.4, 0.5) is 11.4 Å². The number of nitrogens with zero attached hydrogens (tertiary/aromatic N) is 1. The Morgan fingerprint density at radius 2 is 2.28 bits per heavy atom. The second-order valence-electron chi connectivity index (χ2n) is 3.90. The van der Waals surface area contributed by atoms with Gasteiger partial charge in [-0.05, 0) is 25.1 Å². The van der Waals surface area contributed by atoms with Gasteiger partial charge in [-0.15, -0.1) is 0 Å². The molecule has 0 bridgehead atoms. The fraction of sp³-hybridized carbons (Fsp3) is 0.167. The molecule has 0 atom stereocenters. The lowest BCUT2D eigenvalue weighted by molar-refractivity contribution is 0.0697. The summed E-state index contributed by atoms with van der Waals surface area (Å²) < 4.78 is 5.04. The van der Waals surface area contributed by atoms with Crippen LogP contribution in [0.15, 0.2) is 28.8 Å². The quantitative estimate of drug-likeness (QED) is 0.713. The van der Waals surface area contributed by atoms with E-state index in [4.69, 9.17) is 15.4 Å². The van der Waals surface area contributed by atoms with Crippen molar-refractivity contribution in [3.8, 4) is 0 Å². The molecule has 1 aromatic heterocycles. The third-order valence-corrected chi connectivity index (χ3v) is 2.43. The number of hydrogen-bond donors (Lipinski definition) is 3. The van der Waals surface area contributed by atoms with Gasteiger partial charge in [-0.2, -0.15) is 0 Å². The summed E-state index contributed by atoms with van der Waals surface area (Å²) >= 11 is 0. The van der Waals surface area contributed by atoms with E-state index in [9.17, 15) is 4.79 Å². The highest BCUT2D eigenvalue weighted by Gasteiger charge is 2.07. The number of anilines is 2. The molecule has 0 amide bonds. The second-order valence-corrected chi connectivity index (χ2v) is 3.90. The first-order chi connectivity index (χ1) is 8.56. The zero-order valence-corrected chi connectivity index (χ0v) is 9.80. The Morgan fingerprint density at radius 3 is 2.83 bits per heavy atom. The Morgan fingerprint density at radius 1 is 1.50 bits per heavy atom. The first-order valence-electron chi connectivity index (χ1n) is 5.35. The molecule has 0 unspecified atom stereocenters. The van der Waals surface area contributed by atoms with Gasteiger partial charge in [-0.1, -0.05) is 5.16 Å². The van der Waals surface area contributed by atoms with Crippen molar-refractivity contribution in [1.82, 2.24) is 5.16 Å². The number of benzene rings is 1. The van der Waals surface area contributed by atoms with Gasteiger partial charge in [0.05, 0.1) is 29.2 Å². The standard InChI is InChI=1S/C12H13N3O3/c1-7-4-9(18-15-7)6-14-11-3-2-8(12(16)17)5-10(11)13/h2-5,14H,6,13H2,1H3,(H,16,17). The fourth-order valence-corrected chi connectivity index (χ4v) is 1.54. The molecule has 0 aliphatic heterocycles. The van der Waals surface area contributed by atoms with Crippen LogP contribution in [0.1, 0.15) is 21.8 Å². The molecule has 2 aromatic rings. The smallest absolute Gasteiger partial charge is 0.335 e. The maximum atomic E-state index is 10.7. The van der Waals surface area contributed by atoms with Crippen molar-refractivity contribution in [3.63, 3.8) is 0 Å². The van der Waals surface area contributed by atoms with Gasteiger partial charge in [0.1, 0.15) is 0 Å². The first kappa shape index (κ1) is 12.0. The lowest BCUT2D eigenvalue weighted by atomic mass is 10.1. The number of aromatic carboxylic acids is 1. The Balaban J connectivity index is 2.08. The van der Waals surface area contributed by atoms with Crippen LogP contribution in [-0.4, -0.2) is 16.2 Å². The van der Waals surface area contributed by atoms with Crippen molar-refractivity contribution in [2.75, 3.05) is 11.1 Å². The van der Waals surface area contributed by atoms with Crippen LogP contribution in [0.2, 0.25) is 0 Å². The molecule has 0 radical (unpaired) electrons. The van der Waals surface area contributed by atoms with Gasteiger partial charge < -0.3 is 20.7 Å². The van der Waals surface area contributed by atoms with Crippen molar-refractivity contribution in [1.29, 1.82) is 0 Å². The van der Waals surface area contributed by atoms with E-state index in [1.54, 1.807) is 6.07 Å². The number of rotatable bonds is 4. The molecule has 18 heavy (non-hydrogen) atoms. The lowest BCUT2D eigenvalue weighted by Gasteiger charge is -2.08. The van der Waals surface area contributed by atoms with Crippen LogP contribution in [0, 0.1) is 6.92 Å². The van der Waals surface area contributed by atoms with Crippen LogP contribution in [0.5, 0.6) is 0 Å². The van der Waals surface area contributed by atoms with E-state index in [0.717, 1.165) is 5.69 Å². The number of hydrogen-bond acceptors (Lipinski definition) is 5. The number of aryl methyl sites for hydroxylation is 1. The van der Waals surface area contributed by atoms with E-state index in [1.807, 2.05) is 13.0 Å². The molecule has 6 nitrogen and oxygen atoms in total. The van der Waals surface area contributed by atoms with E-state index in [2.05, 4.69) is 10.5 Å². The third-order valence-electron chi connectivity index (χ3n) is 2.43. The van der Waals surface area contributed by atoms with E-state index >= 15 is 0 Å². The minimum atomic E-state index is -1.00. The summed E-state index contributed by atoms with van der Waals surface area (Å²) in [7, 11) is 0. The number of carboxylic acid groups (broad SMARTS) is 1. The SMILES string of the molecule is Cc1cc(CNc2ccc(C(=O)O)cc2N)on1. The molecular formula is C12H13N3O3. The van der Waals surface area contributed by atoms with Crippen LogP contribution in [0.25, 0.3) is 0 Å². The van der Waals surface area contributed by atoms with Crippen molar-refractivity contribution in [2.24, 2.45) is 0 Å². The van der Waals surface area contributed by atoms with Crippen LogP contribution in [0.3, 0.4) is 0 Å². The Labute approximate surface area is 103 Å². The predicted molar refractivity (Wildman–Crippen MR) is 66.4 cm³/mol. The maximum absolute atomic E-state index is 10.7. The zero-order valence-electron chi connectivity index (χ0n) is 9.80. The highest BCUT2D eigenvalue weighted by molar-refractivity contribution is 5.90. The highest BCUT2D eigenvalue weighted by atomic mass is 16.5. The number of aromatic nitrogens is 1. The number of nitrogens with one attached hydrogen (secondary N) is 1. The predicted octanol–water partition coefficient (Wildman–Crippen LogP) is 1.88. The molecule has 0 saturated heterocycles. The van der Waals surface area contributed by atoms with Crippen LogP contribution >= 0.6 is 0 Å². The Bertz CT molecular complexity index is 578. The lowest BCUT2D eigenvalue weighted by Crippen LogP contribution is -2.04. The monoisotopic (exact) mass is 247 g/mol. The molecule has 0 fully saturated rings. The van der Waals surface area contributed by atoms with Gasteiger partial charge in [-0.3, -0.25) is 0 Å². The van der Waals surface area contributed by atoms with E-state index in [-0.39, 0.29) is 5.56 Å². The second kappa shape index (κ2) is 4.79. The Hall–Kier alpha value is -2.50. The normalized spacial score (nSPS) is 10.3. The summed E-state index contributed by atoms with van der Waals surface area (Å²) in [6.45, 7) is 2.28. The summed E-state index contributed by atoms with van der Waals surface area (Å²) in [6.07, 6.45) is 0. The molecule has 4 N–H and O–H groups in total. The van der Waals surface area contributed by atoms with Crippen LogP contribution < -0.4 is 11.1 Å². The van der Waals surface area contributed by atoms with Gasteiger partial charge in [0.15, 0.2) is 5.76 Å². The third kappa shape index (κ3) is 2.60. The summed E-state index contributed by atoms with van der Waals surface area (Å²) in [5.41, 5.74) is 7.77. The fourth-order valence-electron chi connectivity index (χ4n) is 1.54. The van der Waals surface area contributed by atoms with Gasteiger partial charge in [0.25, 0.3) is 0 Å². The minimum absolute atomic E-state index is 0.161. The molecule has 2 rings (SSSR count). The van der Waals surface area contributed by atoms with Gasteiger partial charge in [-0.25, -0.2) is 4.79 Å². The maximum Gasteiger partial charge on any atom is 0.335 e. The topological polar surface area (TPSA) is 101 Å². The number of nitrogens with two attached hydrogens (primary N) is 1. The molecule has 0 spiro atoms. The van der Waals surface area contributed by atoms with E-state index in [1.165, 1.54) is 12.1 Å². The molecule has 1 heterocycles. The summed E-state index contributed by atoms with van der Waals surface area (Å²) in [5.74, 6) is -0.312. The molecule has 0 saturated carbocycles. The molecule has 1 aromatic carbocycles. The number of carbonyl (C=O) groups is 1. The minimum Gasteiger partial charge on any atom is -0.478 e. The van der Waals surface area contributed by atoms with Gasteiger partial charge in [0.2, 0.25) is 0 Å². The van der Waals surface area contributed by atoms with Crippen molar-refractivity contribution in [3.05, 3.63) is 41.3 Å². The van der Waals surface area contributed by atoms with E-state index in [0.29, 0.717) is 23.7 Å². The van der Waals surface area contributed by atoms with Crippen molar-refractivity contribution < 1.29 is 14.4 Å². The van der Waals surface area contributed by atoms with Crippen LogP contribution in [-0.2, 0) is 6.54 Å². The Kier molecular flexibility index (Phi) is 3.18. The first-order valence-corrected chi connectivity index (χ1v) is 5.35. The number of nitrogen functional groups attached to an aromatic ring is 1. The van der Waals surface area contributed by atoms with Crippen molar-refractivity contribution >= 4 is 17.3 Å². The molecule has 0 aliphatic carbocycles. The van der Waals surface area contributed by atoms with Gasteiger partial charge in [0, 0.05) is 6.07 Å². The van der Waals surface area contributed by atoms with Crippen molar-refractivity contribution in [2.45, 2.75) is 13.5 Å². The summed E-state index contributed by atoms with van der Waals surface area (Å²) in [6, 6.07) is 6.35. The molecular weight excluding hydrogens is 234 g/mol. The molecule has 0 aliphatic rings.